The molecule has 0 fully saturated rings. The van der Waals surface area contributed by atoms with Gasteiger partial charge < -0.3 is 21.1 Å². The first-order valence-electron chi connectivity index (χ1n) is 11.2. The summed E-state index contributed by atoms with van der Waals surface area (Å²) in [6, 6.07) is 10.1. The summed E-state index contributed by atoms with van der Waals surface area (Å²) in [6.45, 7) is 6.63. The van der Waals surface area contributed by atoms with Crippen LogP contribution in [-0.2, 0) is 20.8 Å². The quantitative estimate of drug-likeness (QED) is 0.417. The maximum atomic E-state index is 12.6. The Morgan fingerprint density at radius 2 is 1.80 bits per heavy atom. The molecule has 0 aliphatic carbocycles. The molecule has 1 aromatic carbocycles. The lowest BCUT2D eigenvalue weighted by molar-refractivity contribution is -0.123. The maximum absolute atomic E-state index is 12.6. The molecule has 7 nitrogen and oxygen atoms in total. The van der Waals surface area contributed by atoms with Gasteiger partial charge in [0.2, 0.25) is 11.8 Å². The van der Waals surface area contributed by atoms with Gasteiger partial charge in [0, 0.05) is 29.1 Å². The Balaban J connectivity index is 0.00000111. The fourth-order valence-corrected chi connectivity index (χ4v) is 3.68. The molecule has 1 heterocycles. The van der Waals surface area contributed by atoms with E-state index in [-0.39, 0.29) is 23.3 Å². The molecule has 35 heavy (non-hydrogen) atoms. The Morgan fingerprint density at radius 1 is 1.17 bits per heavy atom. The third-order valence-electron chi connectivity index (χ3n) is 4.52. The fourth-order valence-electron chi connectivity index (χ4n) is 2.92. The van der Waals surface area contributed by atoms with Crippen LogP contribution in [0.2, 0.25) is 0 Å². The number of Topliss-reactive ketones (excluding diaryl/α,β-unsaturated/α-hetero) is 1. The highest BCUT2D eigenvalue weighted by molar-refractivity contribution is 7.09. The van der Waals surface area contributed by atoms with E-state index in [0.717, 1.165) is 10.6 Å². The second-order valence-electron chi connectivity index (χ2n) is 9.18. The van der Waals surface area contributed by atoms with Gasteiger partial charge in [-0.1, -0.05) is 32.9 Å². The fraction of sp³-hybridized carbons (Fsp3) is 0.423. The van der Waals surface area contributed by atoms with Crippen molar-refractivity contribution in [3.05, 3.63) is 58.8 Å². The highest BCUT2D eigenvalue weighted by Crippen LogP contribution is 2.22. The average molecular weight is 506 g/mol. The van der Waals surface area contributed by atoms with E-state index in [1.54, 1.807) is 48.8 Å². The molecule has 2 amide bonds. The zero-order valence-corrected chi connectivity index (χ0v) is 21.8. The van der Waals surface area contributed by atoms with Crippen LogP contribution >= 0.6 is 11.3 Å². The van der Waals surface area contributed by atoms with Crippen LogP contribution in [0.4, 0.5) is 10.1 Å². The number of halogens is 1. The number of carbonyl (C=O) groups is 3. The normalized spacial score (nSPS) is 12.8. The number of nitrogens with two attached hydrogens (primary N) is 1. The van der Waals surface area contributed by atoms with E-state index in [1.807, 2.05) is 17.5 Å². The third kappa shape index (κ3) is 13.4. The van der Waals surface area contributed by atoms with Gasteiger partial charge in [-0.05, 0) is 54.5 Å². The van der Waals surface area contributed by atoms with Gasteiger partial charge in [-0.25, -0.2) is 4.39 Å². The van der Waals surface area contributed by atoms with Crippen molar-refractivity contribution in [3.63, 3.8) is 0 Å². The molecule has 1 aromatic heterocycles. The Labute approximate surface area is 210 Å². The van der Waals surface area contributed by atoms with Crippen molar-refractivity contribution >= 4 is 34.6 Å². The van der Waals surface area contributed by atoms with Crippen LogP contribution < -0.4 is 21.1 Å². The van der Waals surface area contributed by atoms with Crippen LogP contribution in [0.25, 0.3) is 0 Å². The number of hydrogen-bond donors (Lipinski definition) is 3. The lowest BCUT2D eigenvalue weighted by atomic mass is 9.87. The summed E-state index contributed by atoms with van der Waals surface area (Å²) in [5, 5.41) is 7.74. The highest BCUT2D eigenvalue weighted by Gasteiger charge is 2.22. The molecule has 0 aliphatic heterocycles. The molecule has 192 valence electrons. The molecule has 0 saturated carbocycles. The predicted octanol–water partition coefficient (Wildman–Crippen LogP) is 4.29. The molecule has 0 spiro atoms. The van der Waals surface area contributed by atoms with Gasteiger partial charge in [0.1, 0.15) is 12.4 Å². The summed E-state index contributed by atoms with van der Waals surface area (Å²) in [7, 11) is 1.59. The van der Waals surface area contributed by atoms with Crippen LogP contribution in [0.15, 0.2) is 53.9 Å². The second kappa shape index (κ2) is 15.1. The van der Waals surface area contributed by atoms with Gasteiger partial charge in [0.25, 0.3) is 0 Å². The number of anilines is 1. The van der Waals surface area contributed by atoms with Gasteiger partial charge in [-0.2, -0.15) is 0 Å². The SMILES string of the molecule is CC(=O)CF.COc1ccc(NC(=O)/C=C/[C@H](CC(C)(C)C)NC(=O)[C@@H](N)Cc2cccs2)cc1. The van der Waals surface area contributed by atoms with Crippen LogP contribution in [0, 0.1) is 5.41 Å². The summed E-state index contributed by atoms with van der Waals surface area (Å²) in [5.74, 6) is -0.186. The highest BCUT2D eigenvalue weighted by atomic mass is 32.1. The van der Waals surface area contributed by atoms with Crippen molar-refractivity contribution < 1.29 is 23.5 Å². The Hall–Kier alpha value is -3.04. The van der Waals surface area contributed by atoms with Gasteiger partial charge in [0.05, 0.1) is 13.2 Å². The standard InChI is InChI=1S/C23H31N3O3S.C3H5FO/c1-23(2,3)15-17(26-22(28)20(24)14-19-6-5-13-30-19)9-12-21(27)25-16-7-10-18(29-4)11-8-16;1-3(5)2-4/h5-13,17,20H,14-15,24H2,1-4H3,(H,25,27)(H,26,28);2H2,1H3/b12-9+;/t17-,20+;/m1./s1. The molecule has 9 heteroatoms. The molecule has 0 aliphatic rings. The number of alkyl halides is 1. The van der Waals surface area contributed by atoms with Gasteiger partial charge in [-0.3, -0.25) is 14.4 Å². The van der Waals surface area contributed by atoms with Gasteiger partial charge in [-0.15, -0.1) is 11.3 Å². The van der Waals surface area contributed by atoms with Crippen molar-refractivity contribution in [3.8, 4) is 5.75 Å². The molecule has 0 bridgehead atoms. The van der Waals surface area contributed by atoms with Crippen molar-refractivity contribution in [1.29, 1.82) is 0 Å². The summed E-state index contributed by atoms with van der Waals surface area (Å²) in [6.07, 6.45) is 4.34. The zero-order chi connectivity index (χ0) is 26.4. The molecule has 2 aromatic rings. The molecule has 2 atom stereocenters. The van der Waals surface area contributed by atoms with E-state index >= 15 is 0 Å². The summed E-state index contributed by atoms with van der Waals surface area (Å²) in [5.41, 5.74) is 6.71. The van der Waals surface area contributed by atoms with Gasteiger partial charge >= 0.3 is 0 Å². The minimum atomic E-state index is -0.833. The first-order valence-corrected chi connectivity index (χ1v) is 12.1. The summed E-state index contributed by atoms with van der Waals surface area (Å²) in [4.78, 5) is 35.4. The number of thiophene rings is 1. The van der Waals surface area contributed by atoms with Crippen LogP contribution in [0.1, 0.15) is 39.0 Å². The monoisotopic (exact) mass is 505 g/mol. The van der Waals surface area contributed by atoms with Gasteiger partial charge in [0.15, 0.2) is 5.78 Å². The molecular weight excluding hydrogens is 469 g/mol. The first kappa shape index (κ1) is 30.0. The summed E-state index contributed by atoms with van der Waals surface area (Å²) >= 11 is 1.58. The second-order valence-corrected chi connectivity index (χ2v) is 10.2. The maximum Gasteiger partial charge on any atom is 0.248 e. The first-order chi connectivity index (χ1) is 16.4. The average Bonchev–Trinajstić information content (AvgIpc) is 3.30. The Morgan fingerprint density at radius 3 is 2.29 bits per heavy atom. The number of methoxy groups -OCH3 is 1. The Kier molecular flexibility index (Phi) is 12.9. The van der Waals surface area contributed by atoms with Crippen molar-refractivity contribution in [2.24, 2.45) is 11.1 Å². The van der Waals surface area contributed by atoms with Crippen molar-refractivity contribution in [1.82, 2.24) is 5.32 Å². The number of rotatable bonds is 10. The smallest absolute Gasteiger partial charge is 0.248 e. The number of amides is 2. The van der Waals surface area contributed by atoms with Crippen molar-refractivity contribution in [2.45, 2.75) is 52.6 Å². The molecule has 4 N–H and O–H groups in total. The van der Waals surface area contributed by atoms with E-state index < -0.39 is 18.5 Å². The summed E-state index contributed by atoms with van der Waals surface area (Å²) < 4.78 is 15.9. The van der Waals surface area contributed by atoms with E-state index in [1.165, 1.54) is 13.0 Å². The van der Waals surface area contributed by atoms with Crippen molar-refractivity contribution in [2.75, 3.05) is 19.1 Å². The lowest BCUT2D eigenvalue weighted by Crippen LogP contribution is -2.46. The predicted molar refractivity (Wildman–Crippen MR) is 139 cm³/mol. The largest absolute Gasteiger partial charge is 0.497 e. The van der Waals surface area contributed by atoms with E-state index in [2.05, 4.69) is 31.4 Å². The number of ether oxygens (including phenoxy) is 1. The van der Waals surface area contributed by atoms with Crippen LogP contribution in [-0.4, -0.2) is 43.5 Å². The number of hydrogen-bond acceptors (Lipinski definition) is 6. The number of ketones is 1. The number of benzene rings is 1. The minimum Gasteiger partial charge on any atom is -0.497 e. The molecule has 0 unspecified atom stereocenters. The molecule has 0 radical (unpaired) electrons. The van der Waals surface area contributed by atoms with E-state index in [0.29, 0.717) is 18.5 Å². The topological polar surface area (TPSA) is 111 Å². The number of carbonyl (C=O) groups excluding carboxylic acids is 3. The molecule has 2 rings (SSSR count). The molecule has 0 saturated heterocycles. The third-order valence-corrected chi connectivity index (χ3v) is 5.42. The van der Waals surface area contributed by atoms with Crippen LogP contribution in [0.3, 0.4) is 0 Å². The Bertz CT molecular complexity index is 954. The van der Waals surface area contributed by atoms with E-state index in [4.69, 9.17) is 10.5 Å². The lowest BCUT2D eigenvalue weighted by Gasteiger charge is -2.25. The minimum absolute atomic E-state index is 0.0351. The van der Waals surface area contributed by atoms with Crippen LogP contribution in [0.5, 0.6) is 5.75 Å². The van der Waals surface area contributed by atoms with E-state index in [9.17, 15) is 18.8 Å². The zero-order valence-electron chi connectivity index (χ0n) is 21.0. The molecular formula is C26H36FN3O4S. The number of nitrogens with one attached hydrogen (secondary N) is 2.